The Balaban J connectivity index is 2.79. The van der Waals surface area contributed by atoms with Gasteiger partial charge in [0, 0.05) is 6.42 Å². The average molecular weight is 1010 g/mol. The molecule has 1 saturated heterocycles. The lowest BCUT2D eigenvalue weighted by molar-refractivity contribution is -0.305. The maximum atomic E-state index is 13.4. The Labute approximate surface area is 437 Å². The van der Waals surface area contributed by atoms with Crippen molar-refractivity contribution in [3.8, 4) is 0 Å². The quantitative estimate of drug-likeness (QED) is 0.0149. The van der Waals surface area contributed by atoms with Crippen LogP contribution < -0.4 is 5.32 Å². The summed E-state index contributed by atoms with van der Waals surface area (Å²) in [6.07, 6.45) is 54.1. The van der Waals surface area contributed by atoms with Crippen molar-refractivity contribution >= 4 is 11.9 Å². The van der Waals surface area contributed by atoms with E-state index in [1.165, 1.54) is 51.4 Å². The number of ether oxygens (including phenoxy) is 3. The third-order valence-electron chi connectivity index (χ3n) is 12.6. The van der Waals surface area contributed by atoms with Crippen LogP contribution in [0.5, 0.6) is 0 Å². The normalized spacial score (nSPS) is 20.4. The number of nitrogens with one attached hydrogen (secondary N) is 1. The second-order valence-electron chi connectivity index (χ2n) is 19.1. The minimum absolute atomic E-state index is 0.0652. The van der Waals surface area contributed by atoms with E-state index in [1.807, 2.05) is 66.8 Å². The van der Waals surface area contributed by atoms with Gasteiger partial charge >= 0.3 is 5.97 Å². The van der Waals surface area contributed by atoms with Gasteiger partial charge in [0.1, 0.15) is 24.4 Å². The SMILES string of the molecule is CC\C=C/C=C/C=C/C=C\C=C\C=C\CCCCCC(=O)OC1C(OCC(NC(=O)C(O)CCCCCCCC/C=C/C/C=C/CC)C(O)/C=C/CCCCCCCCCCCCC)OC(CO)C(O)C1O. The lowest BCUT2D eigenvalue weighted by Gasteiger charge is -2.41. The molecule has 0 spiro atoms. The molecule has 0 aliphatic carbocycles. The number of aliphatic hydroxyl groups excluding tert-OH is 5. The van der Waals surface area contributed by atoms with Gasteiger partial charge in [-0.1, -0.05) is 233 Å². The highest BCUT2D eigenvalue weighted by Crippen LogP contribution is 2.26. The number of carbonyl (C=O) groups excluding carboxylic acids is 2. The zero-order valence-electron chi connectivity index (χ0n) is 45.0. The monoisotopic (exact) mass is 1010 g/mol. The van der Waals surface area contributed by atoms with Crippen LogP contribution in [0.4, 0.5) is 0 Å². The smallest absolute Gasteiger partial charge is 0.306 e. The van der Waals surface area contributed by atoms with E-state index in [0.717, 1.165) is 103 Å². The maximum absolute atomic E-state index is 13.4. The van der Waals surface area contributed by atoms with E-state index in [-0.39, 0.29) is 19.4 Å². The Hall–Kier alpha value is -3.68. The highest BCUT2D eigenvalue weighted by atomic mass is 16.7. The summed E-state index contributed by atoms with van der Waals surface area (Å²) in [5, 5.41) is 56.8. The van der Waals surface area contributed by atoms with Gasteiger partial charge in [0.05, 0.1) is 25.4 Å². The molecule has 11 nitrogen and oxygen atoms in total. The van der Waals surface area contributed by atoms with Gasteiger partial charge in [0.15, 0.2) is 12.4 Å². The van der Waals surface area contributed by atoms with Gasteiger partial charge in [0.25, 0.3) is 0 Å². The number of amides is 1. The Morgan fingerprint density at radius 2 is 1.07 bits per heavy atom. The van der Waals surface area contributed by atoms with Crippen molar-refractivity contribution in [2.24, 2.45) is 0 Å². The fourth-order valence-electron chi connectivity index (χ4n) is 8.13. The highest BCUT2D eigenvalue weighted by molar-refractivity contribution is 5.80. The molecule has 6 N–H and O–H groups in total. The molecule has 72 heavy (non-hydrogen) atoms. The number of rotatable bonds is 45. The molecule has 0 bridgehead atoms. The lowest BCUT2D eigenvalue weighted by Crippen LogP contribution is -2.61. The number of aliphatic hydroxyl groups is 5. The molecule has 0 aromatic carbocycles. The first-order valence-corrected chi connectivity index (χ1v) is 28.2. The molecule has 1 aliphatic rings. The number of hydrogen-bond donors (Lipinski definition) is 6. The molecule has 0 radical (unpaired) electrons. The largest absolute Gasteiger partial charge is 0.454 e. The predicted octanol–water partition coefficient (Wildman–Crippen LogP) is 12.5. The highest BCUT2D eigenvalue weighted by Gasteiger charge is 2.47. The minimum atomic E-state index is -1.64. The van der Waals surface area contributed by atoms with Crippen LogP contribution in [0.2, 0.25) is 0 Å². The van der Waals surface area contributed by atoms with Gasteiger partial charge in [0.2, 0.25) is 5.91 Å². The van der Waals surface area contributed by atoms with Gasteiger partial charge < -0.3 is 45.1 Å². The standard InChI is InChI=1S/C61H101NO10/c1-4-7-10-13-16-19-22-25-26-27-28-31-34-37-40-43-46-49-56(66)72-59-58(68)57(67)55(50-63)71-61(59)70-51-52(53(64)47-44-41-38-35-32-29-23-20-17-14-11-8-5-2)62-60(69)54(65)48-45-42-39-36-33-30-24-21-18-15-12-9-6-3/h7,9-10,12-13,16,18-19,21-22,25-28,31,34,44,47,52-55,57-59,61,63-65,67-68H,4-6,8,11,14-15,17,20,23-24,29-30,32-33,35-43,45-46,48-51H2,1-3H3,(H,62,69)/b10-7-,12-9+,16-13+,21-18+,22-19+,26-25-,28-27+,34-31+,47-44+. The Morgan fingerprint density at radius 1 is 0.569 bits per heavy atom. The van der Waals surface area contributed by atoms with Crippen LogP contribution in [0.15, 0.2) is 109 Å². The van der Waals surface area contributed by atoms with Gasteiger partial charge in [-0.05, 0) is 70.6 Å². The topological polar surface area (TPSA) is 175 Å². The number of unbranched alkanes of at least 4 members (excludes halogenated alkanes) is 20. The second kappa shape index (κ2) is 48.3. The van der Waals surface area contributed by atoms with Gasteiger partial charge in [-0.3, -0.25) is 9.59 Å². The molecule has 1 rings (SSSR count). The molecular formula is C61H101NO10. The summed E-state index contributed by atoms with van der Waals surface area (Å²) in [7, 11) is 0. The van der Waals surface area contributed by atoms with Gasteiger partial charge in [-0.15, -0.1) is 0 Å². The van der Waals surface area contributed by atoms with E-state index in [2.05, 4.69) is 62.5 Å². The second-order valence-corrected chi connectivity index (χ2v) is 19.1. The summed E-state index contributed by atoms with van der Waals surface area (Å²) in [5.41, 5.74) is 0. The molecule has 1 amide bonds. The van der Waals surface area contributed by atoms with E-state index in [0.29, 0.717) is 12.8 Å². The van der Waals surface area contributed by atoms with Crippen molar-refractivity contribution in [1.82, 2.24) is 5.32 Å². The summed E-state index contributed by atoms with van der Waals surface area (Å²) in [5.74, 6) is -1.26. The Morgan fingerprint density at radius 3 is 1.65 bits per heavy atom. The van der Waals surface area contributed by atoms with Crippen molar-refractivity contribution in [2.75, 3.05) is 13.2 Å². The molecule has 1 fully saturated rings. The molecule has 11 heteroatoms. The van der Waals surface area contributed by atoms with E-state index in [4.69, 9.17) is 14.2 Å². The number of hydrogen-bond acceptors (Lipinski definition) is 10. The zero-order chi connectivity index (χ0) is 52.5. The van der Waals surface area contributed by atoms with E-state index >= 15 is 0 Å². The van der Waals surface area contributed by atoms with Gasteiger partial charge in [-0.25, -0.2) is 0 Å². The first-order valence-electron chi connectivity index (χ1n) is 28.2. The van der Waals surface area contributed by atoms with Crippen LogP contribution in [0.25, 0.3) is 0 Å². The van der Waals surface area contributed by atoms with E-state index in [1.54, 1.807) is 6.08 Å². The van der Waals surface area contributed by atoms with Crippen LogP contribution in [0, 0.1) is 0 Å². The summed E-state index contributed by atoms with van der Waals surface area (Å²) in [6.45, 7) is 5.48. The molecule has 0 aromatic rings. The van der Waals surface area contributed by atoms with E-state index in [9.17, 15) is 35.1 Å². The molecule has 1 aliphatic heterocycles. The van der Waals surface area contributed by atoms with Crippen LogP contribution in [0.3, 0.4) is 0 Å². The summed E-state index contributed by atoms with van der Waals surface area (Å²) < 4.78 is 17.5. The first-order chi connectivity index (χ1) is 35.2. The molecular weight excluding hydrogens is 907 g/mol. The van der Waals surface area contributed by atoms with Crippen molar-refractivity contribution in [3.05, 3.63) is 109 Å². The molecule has 0 saturated carbocycles. The number of esters is 1. The van der Waals surface area contributed by atoms with Crippen LogP contribution >= 0.6 is 0 Å². The fourth-order valence-corrected chi connectivity index (χ4v) is 8.13. The first kappa shape index (κ1) is 66.3. The van der Waals surface area contributed by atoms with Gasteiger partial charge in [-0.2, -0.15) is 0 Å². The fraction of sp³-hybridized carbons (Fsp3) is 0.672. The number of carbonyl (C=O) groups is 2. The van der Waals surface area contributed by atoms with E-state index < -0.39 is 67.4 Å². The molecule has 1 heterocycles. The number of allylic oxidation sites excluding steroid dienone is 17. The zero-order valence-corrected chi connectivity index (χ0v) is 45.0. The summed E-state index contributed by atoms with van der Waals surface area (Å²) in [6, 6.07) is -1.04. The Kier molecular flexibility index (Phi) is 44.5. The third kappa shape index (κ3) is 36.3. The third-order valence-corrected chi connectivity index (χ3v) is 12.6. The lowest BCUT2D eigenvalue weighted by atomic mass is 9.99. The molecule has 8 atom stereocenters. The van der Waals surface area contributed by atoms with Crippen LogP contribution in [-0.4, -0.2) is 99.6 Å². The maximum Gasteiger partial charge on any atom is 0.306 e. The summed E-state index contributed by atoms with van der Waals surface area (Å²) >= 11 is 0. The molecule has 410 valence electrons. The Bertz CT molecular complexity index is 1580. The average Bonchev–Trinajstić information content (AvgIpc) is 3.38. The molecule has 0 aromatic heterocycles. The van der Waals surface area contributed by atoms with Crippen LogP contribution in [-0.2, 0) is 23.8 Å². The van der Waals surface area contributed by atoms with Crippen molar-refractivity contribution in [3.63, 3.8) is 0 Å². The van der Waals surface area contributed by atoms with Crippen LogP contribution in [0.1, 0.15) is 201 Å². The van der Waals surface area contributed by atoms with Crippen molar-refractivity contribution < 1.29 is 49.3 Å². The minimum Gasteiger partial charge on any atom is -0.454 e. The summed E-state index contributed by atoms with van der Waals surface area (Å²) in [4.78, 5) is 26.4. The van der Waals surface area contributed by atoms with Crippen molar-refractivity contribution in [2.45, 2.75) is 250 Å². The predicted molar refractivity (Wildman–Crippen MR) is 296 cm³/mol. The molecule has 8 unspecified atom stereocenters. The van der Waals surface area contributed by atoms with Crippen molar-refractivity contribution in [1.29, 1.82) is 0 Å².